The Morgan fingerprint density at radius 1 is 1.57 bits per heavy atom. The molecule has 1 unspecified atom stereocenters. The van der Waals surface area contributed by atoms with Crippen LogP contribution in [0.4, 0.5) is 0 Å². The quantitative estimate of drug-likeness (QED) is 0.449. The van der Waals surface area contributed by atoms with Gasteiger partial charge in [0.05, 0.1) is 12.2 Å². The van der Waals surface area contributed by atoms with Gasteiger partial charge in [-0.25, -0.2) is 0 Å². The van der Waals surface area contributed by atoms with Crippen LogP contribution in [0.15, 0.2) is 0 Å². The molecule has 0 aromatic heterocycles. The van der Waals surface area contributed by atoms with Crippen molar-refractivity contribution >= 4 is 9.03 Å². The van der Waals surface area contributed by atoms with Crippen LogP contribution >= 0.6 is 9.03 Å². The highest BCUT2D eigenvalue weighted by molar-refractivity contribution is 7.26. The summed E-state index contributed by atoms with van der Waals surface area (Å²) in [5, 5.41) is 0. The van der Waals surface area contributed by atoms with Crippen molar-refractivity contribution < 1.29 is 9.05 Å². The molecular weight excluding hydrogens is 111 g/mol. The first-order chi connectivity index (χ1) is 3.21. The third kappa shape index (κ3) is 1.37. The molecule has 0 aliphatic carbocycles. The summed E-state index contributed by atoms with van der Waals surface area (Å²) >= 11 is 0. The van der Waals surface area contributed by atoms with Gasteiger partial charge in [0.2, 0.25) is 0 Å². The van der Waals surface area contributed by atoms with Gasteiger partial charge in [0, 0.05) is 0 Å². The smallest absolute Gasteiger partial charge is 0.155 e. The lowest BCUT2D eigenvalue weighted by Gasteiger charge is -2.10. The standard InChI is InChI=1S/C4H9O2P/c1-4(2)3-5-7-6-4/h7H,3H2,1-2H3. The molecule has 2 nitrogen and oxygen atoms in total. The van der Waals surface area contributed by atoms with Gasteiger partial charge in [-0.05, 0) is 13.8 Å². The molecule has 0 aromatic rings. The van der Waals surface area contributed by atoms with E-state index in [1.165, 1.54) is 0 Å². The van der Waals surface area contributed by atoms with Crippen LogP contribution in [0, 0.1) is 0 Å². The summed E-state index contributed by atoms with van der Waals surface area (Å²) in [7, 11) is 0.260. The Balaban J connectivity index is 2.40. The second kappa shape index (κ2) is 1.70. The predicted octanol–water partition coefficient (Wildman–Crippen LogP) is 1.32. The topological polar surface area (TPSA) is 18.5 Å². The van der Waals surface area contributed by atoms with E-state index in [9.17, 15) is 0 Å². The Kier molecular flexibility index (Phi) is 1.33. The van der Waals surface area contributed by atoms with E-state index in [2.05, 4.69) is 0 Å². The summed E-state index contributed by atoms with van der Waals surface area (Å²) in [6, 6.07) is 0. The van der Waals surface area contributed by atoms with Gasteiger partial charge in [-0.1, -0.05) is 0 Å². The highest BCUT2D eigenvalue weighted by Gasteiger charge is 2.24. The maximum Gasteiger partial charge on any atom is 0.155 e. The molecule has 1 aliphatic rings. The monoisotopic (exact) mass is 120 g/mol. The summed E-state index contributed by atoms with van der Waals surface area (Å²) < 4.78 is 10.1. The Bertz CT molecular complexity index is 64.1. The highest BCUT2D eigenvalue weighted by atomic mass is 31.1. The molecule has 1 fully saturated rings. The van der Waals surface area contributed by atoms with Crippen molar-refractivity contribution in [2.24, 2.45) is 0 Å². The van der Waals surface area contributed by atoms with E-state index < -0.39 is 0 Å². The fraction of sp³-hybridized carbons (Fsp3) is 1.00. The van der Waals surface area contributed by atoms with Gasteiger partial charge in [-0.2, -0.15) is 0 Å². The second-order valence-electron chi connectivity index (χ2n) is 2.23. The lowest BCUT2D eigenvalue weighted by molar-refractivity contribution is 0.143. The molecule has 1 saturated heterocycles. The van der Waals surface area contributed by atoms with E-state index in [1.54, 1.807) is 0 Å². The first kappa shape index (κ1) is 5.49. The van der Waals surface area contributed by atoms with Crippen LogP contribution in [0.1, 0.15) is 13.8 Å². The molecule has 0 radical (unpaired) electrons. The molecule has 42 valence electrons. The van der Waals surface area contributed by atoms with Crippen molar-refractivity contribution in [1.29, 1.82) is 0 Å². The Morgan fingerprint density at radius 3 is 2.43 bits per heavy atom. The fourth-order valence-corrected chi connectivity index (χ4v) is 1.12. The van der Waals surface area contributed by atoms with Gasteiger partial charge in [0.15, 0.2) is 9.03 Å². The fourth-order valence-electron chi connectivity index (χ4n) is 0.375. The Labute approximate surface area is 45.1 Å². The molecule has 0 spiro atoms. The van der Waals surface area contributed by atoms with Crippen molar-refractivity contribution in [1.82, 2.24) is 0 Å². The first-order valence-electron chi connectivity index (χ1n) is 2.25. The minimum atomic E-state index is -0.0154. The molecule has 0 saturated carbocycles. The minimum Gasteiger partial charge on any atom is -0.333 e. The van der Waals surface area contributed by atoms with Crippen LogP contribution in [-0.2, 0) is 9.05 Å². The number of rotatable bonds is 0. The van der Waals surface area contributed by atoms with Crippen LogP contribution in [-0.4, -0.2) is 12.2 Å². The molecule has 0 N–H and O–H groups in total. The summed E-state index contributed by atoms with van der Waals surface area (Å²) in [5.74, 6) is 0. The maximum absolute atomic E-state index is 5.15. The van der Waals surface area contributed by atoms with Crippen LogP contribution in [0.25, 0.3) is 0 Å². The molecule has 1 atom stereocenters. The maximum atomic E-state index is 5.15. The Morgan fingerprint density at radius 2 is 2.29 bits per heavy atom. The zero-order valence-electron chi connectivity index (χ0n) is 4.52. The summed E-state index contributed by atoms with van der Waals surface area (Å²) in [6.07, 6.45) is 0. The first-order valence-corrected chi connectivity index (χ1v) is 3.07. The normalized spacial score (nSPS) is 31.7. The highest BCUT2D eigenvalue weighted by Crippen LogP contribution is 2.32. The van der Waals surface area contributed by atoms with E-state index in [0.29, 0.717) is 0 Å². The van der Waals surface area contributed by atoms with Crippen LogP contribution in [0.2, 0.25) is 0 Å². The average Bonchev–Trinajstić information content (AvgIpc) is 1.84. The average molecular weight is 120 g/mol. The van der Waals surface area contributed by atoms with Gasteiger partial charge in [-0.3, -0.25) is 0 Å². The van der Waals surface area contributed by atoms with Gasteiger partial charge in [-0.15, -0.1) is 0 Å². The van der Waals surface area contributed by atoms with Gasteiger partial charge < -0.3 is 9.05 Å². The summed E-state index contributed by atoms with van der Waals surface area (Å²) in [6.45, 7) is 4.78. The molecule has 0 amide bonds. The SMILES string of the molecule is CC1(C)COPO1. The summed E-state index contributed by atoms with van der Waals surface area (Å²) in [5.41, 5.74) is -0.0154. The third-order valence-electron chi connectivity index (χ3n) is 0.797. The summed E-state index contributed by atoms with van der Waals surface area (Å²) in [4.78, 5) is 0. The lowest BCUT2D eigenvalue weighted by atomic mass is 10.2. The zero-order chi connectivity index (χ0) is 5.33. The van der Waals surface area contributed by atoms with E-state index >= 15 is 0 Å². The van der Waals surface area contributed by atoms with Crippen molar-refractivity contribution in [3.8, 4) is 0 Å². The van der Waals surface area contributed by atoms with Gasteiger partial charge >= 0.3 is 0 Å². The molecule has 1 heterocycles. The second-order valence-corrected chi connectivity index (χ2v) is 2.89. The number of hydrogen-bond acceptors (Lipinski definition) is 2. The molecule has 0 bridgehead atoms. The number of hydrogen-bond donors (Lipinski definition) is 0. The Hall–Kier alpha value is 0.350. The van der Waals surface area contributed by atoms with Gasteiger partial charge in [0.1, 0.15) is 0 Å². The predicted molar refractivity (Wildman–Crippen MR) is 29.4 cm³/mol. The molecule has 1 rings (SSSR count). The molecular formula is C4H9O2P. The largest absolute Gasteiger partial charge is 0.333 e. The van der Waals surface area contributed by atoms with Crippen LogP contribution < -0.4 is 0 Å². The van der Waals surface area contributed by atoms with E-state index in [4.69, 9.17) is 9.05 Å². The molecule has 0 aromatic carbocycles. The van der Waals surface area contributed by atoms with Crippen LogP contribution in [0.3, 0.4) is 0 Å². The molecule has 7 heavy (non-hydrogen) atoms. The van der Waals surface area contributed by atoms with Crippen molar-refractivity contribution in [2.45, 2.75) is 19.4 Å². The molecule has 1 aliphatic heterocycles. The van der Waals surface area contributed by atoms with Crippen molar-refractivity contribution in [2.75, 3.05) is 6.61 Å². The van der Waals surface area contributed by atoms with Gasteiger partial charge in [0.25, 0.3) is 0 Å². The minimum absolute atomic E-state index is 0.0154. The lowest BCUT2D eigenvalue weighted by Crippen LogP contribution is -2.20. The van der Waals surface area contributed by atoms with Crippen molar-refractivity contribution in [3.05, 3.63) is 0 Å². The zero-order valence-corrected chi connectivity index (χ0v) is 5.52. The van der Waals surface area contributed by atoms with Crippen molar-refractivity contribution in [3.63, 3.8) is 0 Å². The van der Waals surface area contributed by atoms with E-state index in [-0.39, 0.29) is 14.6 Å². The third-order valence-corrected chi connectivity index (χ3v) is 1.69. The van der Waals surface area contributed by atoms with Crippen LogP contribution in [0.5, 0.6) is 0 Å². The molecule has 3 heteroatoms. The van der Waals surface area contributed by atoms with E-state index in [1.807, 2.05) is 13.8 Å². The van der Waals surface area contributed by atoms with E-state index in [0.717, 1.165) is 6.61 Å².